The number of carbonyl (C=O) groups is 1. The smallest absolute Gasteiger partial charge is 0.410 e. The molecule has 0 aliphatic carbocycles. The van der Waals surface area contributed by atoms with Crippen LogP contribution in [0.25, 0.3) is 11.3 Å². The van der Waals surface area contributed by atoms with Crippen molar-refractivity contribution in [1.29, 1.82) is 0 Å². The van der Waals surface area contributed by atoms with Crippen molar-refractivity contribution in [2.24, 2.45) is 0 Å². The van der Waals surface area contributed by atoms with Crippen LogP contribution in [0.5, 0.6) is 0 Å². The van der Waals surface area contributed by atoms with E-state index in [0.29, 0.717) is 13.0 Å². The van der Waals surface area contributed by atoms with Gasteiger partial charge in [-0.15, -0.1) is 0 Å². The number of aryl methyl sites for hydroxylation is 2. The maximum absolute atomic E-state index is 12.4. The fourth-order valence-corrected chi connectivity index (χ4v) is 3.49. The lowest BCUT2D eigenvalue weighted by atomic mass is 10.0. The molecule has 0 saturated carbocycles. The van der Waals surface area contributed by atoms with E-state index in [1.54, 1.807) is 4.90 Å². The molecule has 2 aromatic rings. The van der Waals surface area contributed by atoms with Crippen molar-refractivity contribution < 1.29 is 14.6 Å². The Hall–Kier alpha value is -2.47. The fraction of sp³-hybridized carbons (Fsp3) is 0.476. The van der Waals surface area contributed by atoms with E-state index in [-0.39, 0.29) is 24.8 Å². The summed E-state index contributed by atoms with van der Waals surface area (Å²) < 4.78 is 5.52. The standard InChI is InChI=1S/C21H27N3O3/c1-14-13-20(23-16(3)22-14)18-8-6-17(7-9-18)15(2)24-11-10-19(5-4-12-25)27-21(24)26/h6-9,13,15,19,25H,4-5,10-12H2,1-3H3. The first kappa shape index (κ1) is 19.3. The molecule has 6 heteroatoms. The van der Waals surface area contributed by atoms with Crippen molar-refractivity contribution in [2.75, 3.05) is 13.2 Å². The highest BCUT2D eigenvalue weighted by Crippen LogP contribution is 2.28. The third-order valence-corrected chi connectivity index (χ3v) is 5.00. The largest absolute Gasteiger partial charge is 0.446 e. The van der Waals surface area contributed by atoms with Crippen molar-refractivity contribution in [3.05, 3.63) is 47.4 Å². The normalized spacial score (nSPS) is 18.3. The zero-order valence-corrected chi connectivity index (χ0v) is 16.2. The van der Waals surface area contributed by atoms with Crippen molar-refractivity contribution in [1.82, 2.24) is 14.9 Å². The van der Waals surface area contributed by atoms with Crippen molar-refractivity contribution >= 4 is 6.09 Å². The average molecular weight is 369 g/mol. The summed E-state index contributed by atoms with van der Waals surface area (Å²) in [6, 6.07) is 10.1. The SMILES string of the molecule is Cc1cc(-c2ccc(C(C)N3CCC(CCCO)OC3=O)cc2)nc(C)n1. The Morgan fingerprint density at radius 2 is 2.00 bits per heavy atom. The molecule has 2 atom stereocenters. The van der Waals surface area contributed by atoms with Crippen LogP contribution in [0.3, 0.4) is 0 Å². The lowest BCUT2D eigenvalue weighted by Gasteiger charge is -2.35. The Kier molecular flexibility index (Phi) is 6.06. The van der Waals surface area contributed by atoms with Crippen molar-refractivity contribution in [3.63, 3.8) is 0 Å². The van der Waals surface area contributed by atoms with Crippen molar-refractivity contribution in [2.45, 2.75) is 52.2 Å². The summed E-state index contributed by atoms with van der Waals surface area (Å²) in [7, 11) is 0. The van der Waals surface area contributed by atoms with Gasteiger partial charge in [-0.25, -0.2) is 14.8 Å². The highest BCUT2D eigenvalue weighted by atomic mass is 16.6. The molecule has 3 rings (SSSR count). The number of amides is 1. The number of ether oxygens (including phenoxy) is 1. The number of nitrogens with zero attached hydrogens (tertiary/aromatic N) is 3. The average Bonchev–Trinajstić information content (AvgIpc) is 2.65. The van der Waals surface area contributed by atoms with Gasteiger partial charge in [0, 0.05) is 30.8 Å². The molecule has 2 heterocycles. The zero-order valence-electron chi connectivity index (χ0n) is 16.2. The molecule has 2 unspecified atom stereocenters. The molecule has 1 aromatic carbocycles. The lowest BCUT2D eigenvalue weighted by Crippen LogP contribution is -2.43. The van der Waals surface area contributed by atoms with E-state index in [1.807, 2.05) is 51.1 Å². The van der Waals surface area contributed by atoms with Crippen LogP contribution in [-0.4, -0.2) is 45.3 Å². The molecule has 1 fully saturated rings. The third-order valence-electron chi connectivity index (χ3n) is 5.00. The minimum atomic E-state index is -0.275. The second-order valence-electron chi connectivity index (χ2n) is 7.09. The number of carbonyl (C=O) groups excluding carboxylic acids is 1. The molecule has 1 amide bonds. The molecular formula is C21H27N3O3. The lowest BCUT2D eigenvalue weighted by molar-refractivity contribution is 0.00760. The summed E-state index contributed by atoms with van der Waals surface area (Å²) in [5.41, 5.74) is 3.95. The van der Waals surface area contributed by atoms with Crippen LogP contribution in [0.4, 0.5) is 4.79 Å². The number of benzene rings is 1. The summed E-state index contributed by atoms with van der Waals surface area (Å²) in [4.78, 5) is 23.0. The third kappa shape index (κ3) is 4.63. The van der Waals surface area contributed by atoms with Crippen LogP contribution >= 0.6 is 0 Å². The Bertz CT molecular complexity index is 772. The van der Waals surface area contributed by atoms with E-state index >= 15 is 0 Å². The van der Waals surface area contributed by atoms with Gasteiger partial charge in [0.25, 0.3) is 0 Å². The summed E-state index contributed by atoms with van der Waals surface area (Å²) in [6.45, 7) is 6.67. The maximum atomic E-state index is 12.4. The van der Waals surface area contributed by atoms with Gasteiger partial charge in [0.2, 0.25) is 0 Å². The molecule has 0 spiro atoms. The number of hydrogen-bond acceptors (Lipinski definition) is 5. The van der Waals surface area contributed by atoms with E-state index < -0.39 is 0 Å². The number of rotatable bonds is 6. The summed E-state index contributed by atoms with van der Waals surface area (Å²) >= 11 is 0. The first-order chi connectivity index (χ1) is 13.0. The van der Waals surface area contributed by atoms with Crippen LogP contribution in [0, 0.1) is 13.8 Å². The molecule has 1 N–H and O–H groups in total. The highest BCUT2D eigenvalue weighted by molar-refractivity contribution is 5.69. The molecule has 144 valence electrons. The van der Waals surface area contributed by atoms with Crippen LogP contribution < -0.4 is 0 Å². The summed E-state index contributed by atoms with van der Waals surface area (Å²) in [5, 5.41) is 8.93. The number of aliphatic hydroxyl groups excluding tert-OH is 1. The molecule has 6 nitrogen and oxygen atoms in total. The molecule has 1 aliphatic heterocycles. The number of hydrogen-bond donors (Lipinski definition) is 1. The van der Waals surface area contributed by atoms with Gasteiger partial charge in [-0.2, -0.15) is 0 Å². The van der Waals surface area contributed by atoms with E-state index in [2.05, 4.69) is 9.97 Å². The predicted molar refractivity (Wildman–Crippen MR) is 103 cm³/mol. The second kappa shape index (κ2) is 8.48. The quantitative estimate of drug-likeness (QED) is 0.838. The summed E-state index contributed by atoms with van der Waals surface area (Å²) in [6.07, 6.45) is 1.82. The van der Waals surface area contributed by atoms with E-state index in [4.69, 9.17) is 9.84 Å². The molecular weight excluding hydrogens is 342 g/mol. The Morgan fingerprint density at radius 1 is 1.26 bits per heavy atom. The fourth-order valence-electron chi connectivity index (χ4n) is 3.49. The van der Waals surface area contributed by atoms with Gasteiger partial charge in [-0.3, -0.25) is 0 Å². The molecule has 0 radical (unpaired) electrons. The van der Waals surface area contributed by atoms with Gasteiger partial charge in [-0.05, 0) is 45.2 Å². The number of aliphatic hydroxyl groups is 1. The van der Waals surface area contributed by atoms with Crippen LogP contribution in [0.2, 0.25) is 0 Å². The highest BCUT2D eigenvalue weighted by Gasteiger charge is 2.30. The first-order valence-corrected chi connectivity index (χ1v) is 9.48. The topological polar surface area (TPSA) is 75.6 Å². The maximum Gasteiger partial charge on any atom is 0.410 e. The van der Waals surface area contributed by atoms with Crippen LogP contribution in [-0.2, 0) is 4.74 Å². The summed E-state index contributed by atoms with van der Waals surface area (Å²) in [5.74, 6) is 0.759. The zero-order chi connectivity index (χ0) is 19.4. The monoisotopic (exact) mass is 369 g/mol. The number of aromatic nitrogens is 2. The van der Waals surface area contributed by atoms with Gasteiger partial charge >= 0.3 is 6.09 Å². The minimum Gasteiger partial charge on any atom is -0.446 e. The predicted octanol–water partition coefficient (Wildman–Crippen LogP) is 3.80. The van der Waals surface area contributed by atoms with Gasteiger partial charge in [0.15, 0.2) is 0 Å². The minimum absolute atomic E-state index is 0.0563. The van der Waals surface area contributed by atoms with Gasteiger partial charge < -0.3 is 14.7 Å². The Morgan fingerprint density at radius 3 is 2.63 bits per heavy atom. The Labute approximate surface area is 160 Å². The van der Waals surface area contributed by atoms with Crippen LogP contribution in [0.1, 0.15) is 49.3 Å². The van der Waals surface area contributed by atoms with Gasteiger partial charge in [0.1, 0.15) is 11.9 Å². The van der Waals surface area contributed by atoms with E-state index in [1.165, 1.54) is 0 Å². The van der Waals surface area contributed by atoms with Crippen molar-refractivity contribution in [3.8, 4) is 11.3 Å². The Balaban J connectivity index is 1.69. The molecule has 1 aromatic heterocycles. The first-order valence-electron chi connectivity index (χ1n) is 9.48. The molecule has 1 aliphatic rings. The van der Waals surface area contributed by atoms with E-state index in [0.717, 1.165) is 41.2 Å². The van der Waals surface area contributed by atoms with E-state index in [9.17, 15) is 4.79 Å². The van der Waals surface area contributed by atoms with Crippen LogP contribution in [0.15, 0.2) is 30.3 Å². The molecule has 0 bridgehead atoms. The second-order valence-corrected chi connectivity index (χ2v) is 7.09. The number of cyclic esters (lactones) is 1. The molecule has 1 saturated heterocycles. The molecule has 27 heavy (non-hydrogen) atoms. The van der Waals surface area contributed by atoms with Gasteiger partial charge in [-0.1, -0.05) is 24.3 Å². The van der Waals surface area contributed by atoms with Gasteiger partial charge in [0.05, 0.1) is 11.7 Å².